The molecule has 0 aliphatic carbocycles. The van der Waals surface area contributed by atoms with Crippen molar-refractivity contribution in [2.75, 3.05) is 0 Å². The van der Waals surface area contributed by atoms with Crippen molar-refractivity contribution in [3.63, 3.8) is 0 Å². The summed E-state index contributed by atoms with van der Waals surface area (Å²) in [6.07, 6.45) is -2.56. The lowest BCUT2D eigenvalue weighted by atomic mass is 10.3. The summed E-state index contributed by atoms with van der Waals surface area (Å²) in [5, 5.41) is 13.8. The average Bonchev–Trinajstić information content (AvgIpc) is 1.84. The minimum atomic E-state index is -2.56. The van der Waals surface area contributed by atoms with Gasteiger partial charge in [0.2, 0.25) is 6.17 Å². The predicted molar refractivity (Wildman–Crippen MR) is 29.8 cm³/mol. The van der Waals surface area contributed by atoms with Gasteiger partial charge in [0.15, 0.2) is 5.38 Å². The molecule has 0 aromatic rings. The zero-order chi connectivity index (χ0) is 8.31. The van der Waals surface area contributed by atoms with Crippen LogP contribution >= 0.6 is 11.6 Å². The molecule has 0 aromatic carbocycles. The lowest BCUT2D eigenvalue weighted by Gasteiger charge is -2.03. The third-order valence-corrected chi connectivity index (χ3v) is 1.14. The van der Waals surface area contributed by atoms with E-state index in [1.54, 1.807) is 0 Å². The summed E-state index contributed by atoms with van der Waals surface area (Å²) in [6.45, 7) is 0. The Morgan fingerprint density at radius 1 is 1.30 bits per heavy atom. The van der Waals surface area contributed by atoms with Gasteiger partial charge < -0.3 is 10.2 Å². The molecule has 58 valence electrons. The maximum absolute atomic E-state index is 12.1. The van der Waals surface area contributed by atoms with E-state index in [2.05, 4.69) is 0 Å². The van der Waals surface area contributed by atoms with Crippen molar-refractivity contribution in [3.05, 3.63) is 0 Å². The molecule has 0 spiro atoms. The molecule has 0 heterocycles. The van der Waals surface area contributed by atoms with Gasteiger partial charge in [-0.1, -0.05) is 0 Å². The van der Waals surface area contributed by atoms with Gasteiger partial charge in [-0.2, -0.15) is 0 Å². The summed E-state index contributed by atoms with van der Waals surface area (Å²) in [6, 6.07) is 0. The highest BCUT2D eigenvalue weighted by Gasteiger charge is 2.31. The molecular formula is C4H4ClFO4. The Morgan fingerprint density at radius 3 is 1.80 bits per heavy atom. The minimum Gasteiger partial charge on any atom is -0.480 e. The SMILES string of the molecule is O=C(O)C(F)C(Cl)C(=O)O. The van der Waals surface area contributed by atoms with Crippen LogP contribution in [0.25, 0.3) is 0 Å². The Bertz CT molecular complexity index is 141. The van der Waals surface area contributed by atoms with Crippen molar-refractivity contribution in [1.29, 1.82) is 0 Å². The van der Waals surface area contributed by atoms with Gasteiger partial charge in [-0.15, -0.1) is 11.6 Å². The van der Waals surface area contributed by atoms with E-state index in [0.717, 1.165) is 0 Å². The van der Waals surface area contributed by atoms with E-state index in [4.69, 9.17) is 21.8 Å². The van der Waals surface area contributed by atoms with Gasteiger partial charge in [-0.25, -0.2) is 9.18 Å². The minimum absolute atomic E-state index is 1.68. The molecule has 10 heavy (non-hydrogen) atoms. The van der Waals surface area contributed by atoms with Crippen LogP contribution < -0.4 is 0 Å². The highest BCUT2D eigenvalue weighted by Crippen LogP contribution is 2.06. The smallest absolute Gasteiger partial charge is 0.340 e. The number of halogens is 2. The first-order valence-electron chi connectivity index (χ1n) is 2.20. The van der Waals surface area contributed by atoms with E-state index < -0.39 is 23.5 Å². The van der Waals surface area contributed by atoms with Crippen LogP contribution in [0.5, 0.6) is 0 Å². The van der Waals surface area contributed by atoms with Gasteiger partial charge in [-0.3, -0.25) is 4.79 Å². The molecule has 0 rings (SSSR count). The lowest BCUT2D eigenvalue weighted by Crippen LogP contribution is -2.31. The standard InChI is InChI=1S/C4H4ClFO4/c5-1(3(7)8)2(6)4(9)10/h1-2H,(H,7,8)(H,9,10). The van der Waals surface area contributed by atoms with Gasteiger partial charge in [0.25, 0.3) is 0 Å². The van der Waals surface area contributed by atoms with Crippen LogP contribution in [0.2, 0.25) is 0 Å². The van der Waals surface area contributed by atoms with E-state index in [-0.39, 0.29) is 0 Å². The maximum Gasteiger partial charge on any atom is 0.340 e. The predicted octanol–water partition coefficient (Wildman–Crippen LogP) is 0.101. The molecule has 0 saturated heterocycles. The van der Waals surface area contributed by atoms with Crippen LogP contribution in [0.15, 0.2) is 0 Å². The number of rotatable bonds is 3. The van der Waals surface area contributed by atoms with E-state index in [1.807, 2.05) is 0 Å². The van der Waals surface area contributed by atoms with E-state index in [1.165, 1.54) is 0 Å². The molecule has 2 unspecified atom stereocenters. The summed E-state index contributed by atoms with van der Waals surface area (Å²) < 4.78 is 12.1. The first kappa shape index (κ1) is 9.16. The Hall–Kier alpha value is -0.840. The van der Waals surface area contributed by atoms with Gasteiger partial charge in [0.05, 0.1) is 0 Å². The maximum atomic E-state index is 12.1. The molecule has 0 amide bonds. The number of hydrogen-bond acceptors (Lipinski definition) is 2. The number of hydrogen-bond donors (Lipinski definition) is 2. The Labute approximate surface area is 60.2 Å². The molecular weight excluding hydrogens is 166 g/mol. The summed E-state index contributed by atoms with van der Waals surface area (Å²) in [4.78, 5) is 19.5. The quantitative estimate of drug-likeness (QED) is 0.589. The Balaban J connectivity index is 4.07. The summed E-state index contributed by atoms with van der Waals surface area (Å²) in [5.74, 6) is -3.56. The highest BCUT2D eigenvalue weighted by atomic mass is 35.5. The van der Waals surface area contributed by atoms with Crippen LogP contribution in [0.1, 0.15) is 0 Å². The average molecular weight is 171 g/mol. The van der Waals surface area contributed by atoms with Crippen molar-refractivity contribution in [1.82, 2.24) is 0 Å². The first-order valence-corrected chi connectivity index (χ1v) is 2.64. The van der Waals surface area contributed by atoms with Crippen LogP contribution in [-0.2, 0) is 9.59 Å². The molecule has 6 heteroatoms. The fraction of sp³-hybridized carbons (Fsp3) is 0.500. The molecule has 2 N–H and O–H groups in total. The second-order valence-electron chi connectivity index (χ2n) is 1.48. The van der Waals surface area contributed by atoms with Crippen molar-refractivity contribution in [2.24, 2.45) is 0 Å². The van der Waals surface area contributed by atoms with E-state index >= 15 is 0 Å². The zero-order valence-corrected chi connectivity index (χ0v) is 5.38. The topological polar surface area (TPSA) is 74.6 Å². The molecule has 0 fully saturated rings. The van der Waals surface area contributed by atoms with Crippen molar-refractivity contribution >= 4 is 23.5 Å². The third kappa shape index (κ3) is 2.18. The molecule has 0 aromatic heterocycles. The van der Waals surface area contributed by atoms with Gasteiger partial charge in [0, 0.05) is 0 Å². The molecule has 0 aliphatic heterocycles. The molecule has 4 nitrogen and oxygen atoms in total. The van der Waals surface area contributed by atoms with Gasteiger partial charge in [0.1, 0.15) is 0 Å². The molecule has 0 aliphatic rings. The first-order chi connectivity index (χ1) is 4.46. The fourth-order valence-corrected chi connectivity index (χ4v) is 0.358. The van der Waals surface area contributed by atoms with Crippen LogP contribution in [-0.4, -0.2) is 33.7 Å². The second-order valence-corrected chi connectivity index (χ2v) is 1.95. The van der Waals surface area contributed by atoms with Crippen molar-refractivity contribution in [2.45, 2.75) is 11.5 Å². The lowest BCUT2D eigenvalue weighted by molar-refractivity contribution is -0.148. The number of carboxylic acids is 2. The largest absolute Gasteiger partial charge is 0.480 e. The van der Waals surface area contributed by atoms with Crippen molar-refractivity contribution < 1.29 is 24.2 Å². The third-order valence-electron chi connectivity index (χ3n) is 0.729. The molecule has 0 saturated carbocycles. The Morgan fingerprint density at radius 2 is 1.70 bits per heavy atom. The van der Waals surface area contributed by atoms with Crippen molar-refractivity contribution in [3.8, 4) is 0 Å². The summed E-state index contributed by atoms with van der Waals surface area (Å²) >= 11 is 4.81. The van der Waals surface area contributed by atoms with E-state index in [9.17, 15) is 14.0 Å². The van der Waals surface area contributed by atoms with Crippen LogP contribution in [0.4, 0.5) is 4.39 Å². The number of aliphatic carboxylic acids is 2. The normalized spacial score (nSPS) is 15.8. The molecule has 2 atom stereocenters. The number of carboxylic acid groups (broad SMARTS) is 2. The summed E-state index contributed by atoms with van der Waals surface area (Å²) in [7, 11) is 0. The van der Waals surface area contributed by atoms with Crippen LogP contribution in [0.3, 0.4) is 0 Å². The fourth-order valence-electron chi connectivity index (χ4n) is 0.250. The monoisotopic (exact) mass is 170 g/mol. The summed E-state index contributed by atoms with van der Waals surface area (Å²) in [5.41, 5.74) is 0. The van der Waals surface area contributed by atoms with Gasteiger partial charge in [-0.05, 0) is 0 Å². The van der Waals surface area contributed by atoms with E-state index in [0.29, 0.717) is 0 Å². The molecule has 0 radical (unpaired) electrons. The zero-order valence-electron chi connectivity index (χ0n) is 4.62. The van der Waals surface area contributed by atoms with Gasteiger partial charge >= 0.3 is 11.9 Å². The molecule has 0 bridgehead atoms. The number of alkyl halides is 2. The Kier molecular flexibility index (Phi) is 3.08. The second kappa shape index (κ2) is 3.36. The van der Waals surface area contributed by atoms with Crippen LogP contribution in [0, 0.1) is 0 Å². The number of carbonyl (C=O) groups is 2. The highest BCUT2D eigenvalue weighted by molar-refractivity contribution is 6.31.